The highest BCUT2D eigenvalue weighted by Gasteiger charge is 2.62. The number of hydrogen-bond donors (Lipinski definition) is 1. The van der Waals surface area contributed by atoms with Crippen LogP contribution in [0.15, 0.2) is 5.16 Å². The van der Waals surface area contributed by atoms with Gasteiger partial charge in [0.25, 0.3) is 0 Å². The van der Waals surface area contributed by atoms with Gasteiger partial charge in [0.2, 0.25) is 0 Å². The van der Waals surface area contributed by atoms with Crippen LogP contribution in [0.2, 0.25) is 0 Å². The molecule has 0 aliphatic heterocycles. The van der Waals surface area contributed by atoms with E-state index >= 15 is 0 Å². The molecule has 74 valence electrons. The summed E-state index contributed by atoms with van der Waals surface area (Å²) < 4.78 is 0. The van der Waals surface area contributed by atoms with Crippen molar-refractivity contribution in [1.29, 1.82) is 0 Å². The van der Waals surface area contributed by atoms with Gasteiger partial charge in [-0.3, -0.25) is 0 Å². The number of alkyl halides is 1. The zero-order chi connectivity index (χ0) is 9.69. The van der Waals surface area contributed by atoms with E-state index in [0.29, 0.717) is 11.3 Å². The Morgan fingerprint density at radius 2 is 2.31 bits per heavy atom. The van der Waals surface area contributed by atoms with Gasteiger partial charge >= 0.3 is 0 Å². The molecule has 0 unspecified atom stereocenters. The molecule has 0 aromatic carbocycles. The first-order chi connectivity index (χ1) is 6.08. The van der Waals surface area contributed by atoms with Crippen LogP contribution in [0.3, 0.4) is 0 Å². The van der Waals surface area contributed by atoms with E-state index in [1.54, 1.807) is 0 Å². The highest BCUT2D eigenvalue weighted by atomic mass is 79.9. The summed E-state index contributed by atoms with van der Waals surface area (Å²) >= 11 is 3.61. The maximum atomic E-state index is 8.95. The van der Waals surface area contributed by atoms with Crippen molar-refractivity contribution in [2.45, 2.75) is 33.1 Å². The third-order valence-electron chi connectivity index (χ3n) is 4.63. The van der Waals surface area contributed by atoms with Crippen molar-refractivity contribution in [1.82, 2.24) is 0 Å². The van der Waals surface area contributed by atoms with Gasteiger partial charge in [0.05, 0.1) is 5.71 Å². The van der Waals surface area contributed by atoms with Gasteiger partial charge in [-0.2, -0.15) is 0 Å². The SMILES string of the molecule is C[C@]1(CBr)[C@H]2CC[C@]1(C)/C(=N\O)C2. The molecule has 13 heavy (non-hydrogen) atoms. The Kier molecular flexibility index (Phi) is 1.99. The summed E-state index contributed by atoms with van der Waals surface area (Å²) in [6.07, 6.45) is 3.46. The summed E-state index contributed by atoms with van der Waals surface area (Å²) in [7, 11) is 0. The molecule has 0 aromatic heterocycles. The molecular formula is C10H16BrNO. The summed E-state index contributed by atoms with van der Waals surface area (Å²) in [4.78, 5) is 0. The highest BCUT2D eigenvalue weighted by molar-refractivity contribution is 9.09. The van der Waals surface area contributed by atoms with Crippen molar-refractivity contribution in [3.8, 4) is 0 Å². The molecule has 0 heterocycles. The number of fused-ring (bicyclic) bond motifs is 2. The molecule has 3 heteroatoms. The van der Waals surface area contributed by atoms with Gasteiger partial charge < -0.3 is 5.21 Å². The monoisotopic (exact) mass is 245 g/mol. The van der Waals surface area contributed by atoms with Gasteiger partial charge in [-0.25, -0.2) is 0 Å². The third-order valence-corrected chi connectivity index (χ3v) is 5.79. The number of nitrogens with zero attached hydrogens (tertiary/aromatic N) is 1. The lowest BCUT2D eigenvalue weighted by Crippen LogP contribution is -2.36. The summed E-state index contributed by atoms with van der Waals surface area (Å²) in [5, 5.41) is 13.4. The molecule has 0 amide bonds. The first-order valence-electron chi connectivity index (χ1n) is 4.86. The zero-order valence-electron chi connectivity index (χ0n) is 8.18. The smallest absolute Gasteiger partial charge is 0.0638 e. The predicted octanol–water partition coefficient (Wildman–Crippen LogP) is 3.04. The van der Waals surface area contributed by atoms with Crippen LogP contribution in [-0.2, 0) is 0 Å². The van der Waals surface area contributed by atoms with E-state index < -0.39 is 0 Å². The van der Waals surface area contributed by atoms with Crippen molar-refractivity contribution >= 4 is 21.6 Å². The van der Waals surface area contributed by atoms with E-state index in [-0.39, 0.29) is 5.41 Å². The van der Waals surface area contributed by atoms with Crippen LogP contribution in [0, 0.1) is 16.7 Å². The summed E-state index contributed by atoms with van der Waals surface area (Å²) in [5.74, 6) is 0.711. The maximum Gasteiger partial charge on any atom is 0.0638 e. The van der Waals surface area contributed by atoms with Crippen LogP contribution in [0.5, 0.6) is 0 Å². The topological polar surface area (TPSA) is 32.6 Å². The predicted molar refractivity (Wildman–Crippen MR) is 56.6 cm³/mol. The molecule has 0 saturated heterocycles. The minimum Gasteiger partial charge on any atom is -0.411 e. The van der Waals surface area contributed by atoms with Gasteiger partial charge in [0.1, 0.15) is 0 Å². The molecule has 1 N–H and O–H groups in total. The van der Waals surface area contributed by atoms with Crippen LogP contribution in [0.1, 0.15) is 33.1 Å². The first kappa shape index (κ1) is 9.50. The van der Waals surface area contributed by atoms with Crippen LogP contribution in [0.25, 0.3) is 0 Å². The van der Waals surface area contributed by atoms with Gasteiger partial charge in [0.15, 0.2) is 0 Å². The molecule has 2 bridgehead atoms. The molecule has 0 radical (unpaired) electrons. The largest absolute Gasteiger partial charge is 0.411 e. The van der Waals surface area contributed by atoms with E-state index in [1.807, 2.05) is 0 Å². The molecule has 0 spiro atoms. The Bertz CT molecular complexity index is 266. The van der Waals surface area contributed by atoms with Crippen molar-refractivity contribution < 1.29 is 5.21 Å². The van der Waals surface area contributed by atoms with Crippen LogP contribution in [0.4, 0.5) is 0 Å². The Hall–Kier alpha value is -0.0500. The second-order valence-corrected chi connectivity index (χ2v) is 5.43. The lowest BCUT2D eigenvalue weighted by Gasteiger charge is -2.36. The quantitative estimate of drug-likeness (QED) is 0.430. The number of hydrogen-bond acceptors (Lipinski definition) is 2. The van der Waals surface area contributed by atoms with Gasteiger partial charge in [-0.1, -0.05) is 34.9 Å². The maximum absolute atomic E-state index is 8.95. The third kappa shape index (κ3) is 0.915. The fraction of sp³-hybridized carbons (Fsp3) is 0.900. The summed E-state index contributed by atoms with van der Waals surface area (Å²) in [6.45, 7) is 4.56. The summed E-state index contributed by atoms with van der Waals surface area (Å²) in [6, 6.07) is 0. The van der Waals surface area contributed by atoms with Gasteiger partial charge in [-0.15, -0.1) is 0 Å². The standard InChI is InChI=1S/C10H16BrNO/c1-9-4-3-7(5-8(9)12-13)10(9,2)6-11/h7,13H,3-6H2,1-2H3/b12-8-/t7-,9+,10-/m0/s1. The Balaban J connectivity index is 2.45. The normalized spacial score (nSPS) is 51.9. The molecule has 2 saturated carbocycles. The Morgan fingerprint density at radius 1 is 1.62 bits per heavy atom. The van der Waals surface area contributed by atoms with Gasteiger partial charge in [0, 0.05) is 10.7 Å². The molecule has 2 fully saturated rings. The van der Waals surface area contributed by atoms with Crippen LogP contribution in [-0.4, -0.2) is 16.2 Å². The van der Waals surface area contributed by atoms with Gasteiger partial charge in [-0.05, 0) is 30.6 Å². The van der Waals surface area contributed by atoms with Crippen LogP contribution >= 0.6 is 15.9 Å². The number of oxime groups is 1. The Labute approximate surface area is 87.5 Å². The average Bonchev–Trinajstić information content (AvgIpc) is 2.51. The minimum atomic E-state index is 0.135. The number of halogens is 1. The number of rotatable bonds is 1. The molecule has 0 aromatic rings. The van der Waals surface area contributed by atoms with E-state index in [1.165, 1.54) is 12.8 Å². The first-order valence-corrected chi connectivity index (χ1v) is 5.98. The van der Waals surface area contributed by atoms with E-state index in [0.717, 1.165) is 17.5 Å². The van der Waals surface area contributed by atoms with E-state index in [4.69, 9.17) is 5.21 Å². The highest BCUT2D eigenvalue weighted by Crippen LogP contribution is 2.64. The van der Waals surface area contributed by atoms with Crippen molar-refractivity contribution in [2.24, 2.45) is 21.9 Å². The summed E-state index contributed by atoms with van der Waals surface area (Å²) in [5.41, 5.74) is 1.45. The molecular weight excluding hydrogens is 230 g/mol. The van der Waals surface area contributed by atoms with Crippen molar-refractivity contribution in [3.05, 3.63) is 0 Å². The van der Waals surface area contributed by atoms with Crippen molar-refractivity contribution in [2.75, 3.05) is 5.33 Å². The molecule has 2 aliphatic rings. The molecule has 2 nitrogen and oxygen atoms in total. The Morgan fingerprint density at radius 3 is 2.69 bits per heavy atom. The fourth-order valence-corrected chi connectivity index (χ4v) is 4.26. The lowest BCUT2D eigenvalue weighted by molar-refractivity contribution is 0.199. The van der Waals surface area contributed by atoms with Crippen molar-refractivity contribution in [3.63, 3.8) is 0 Å². The second-order valence-electron chi connectivity index (χ2n) is 4.87. The molecule has 2 aliphatic carbocycles. The average molecular weight is 246 g/mol. The van der Waals surface area contributed by atoms with E-state index in [9.17, 15) is 0 Å². The lowest BCUT2D eigenvalue weighted by atomic mass is 9.70. The minimum absolute atomic E-state index is 0.135. The molecule has 2 rings (SSSR count). The fourth-order valence-electron chi connectivity index (χ4n) is 3.19. The van der Waals surface area contributed by atoms with E-state index in [2.05, 4.69) is 34.9 Å². The molecule has 3 atom stereocenters. The van der Waals surface area contributed by atoms with Crippen LogP contribution < -0.4 is 0 Å². The second kappa shape index (κ2) is 2.72. The zero-order valence-corrected chi connectivity index (χ0v) is 9.76.